The van der Waals surface area contributed by atoms with Gasteiger partial charge < -0.3 is 10.1 Å². The van der Waals surface area contributed by atoms with Crippen LogP contribution in [0.15, 0.2) is 60.7 Å². The van der Waals surface area contributed by atoms with E-state index in [4.69, 9.17) is 10.00 Å². The number of hydrogen-bond acceptors (Lipinski definition) is 4. The summed E-state index contributed by atoms with van der Waals surface area (Å²) < 4.78 is 5.26. The third-order valence-electron chi connectivity index (χ3n) is 4.91. The molecular formula is C24H24N2O2S. The second-order valence-electron chi connectivity index (χ2n) is 6.81. The summed E-state index contributed by atoms with van der Waals surface area (Å²) in [6.07, 6.45) is 0. The van der Waals surface area contributed by atoms with Gasteiger partial charge in [-0.1, -0.05) is 42.5 Å². The molecule has 0 bridgehead atoms. The first-order valence-corrected chi connectivity index (χ1v) is 10.7. The number of methoxy groups -OCH3 is 1. The number of nitriles is 1. The Morgan fingerprint density at radius 3 is 2.69 bits per heavy atom. The van der Waals surface area contributed by atoms with Gasteiger partial charge in [-0.25, -0.2) is 0 Å². The van der Waals surface area contributed by atoms with E-state index < -0.39 is 0 Å². The van der Waals surface area contributed by atoms with Gasteiger partial charge in [0.25, 0.3) is 0 Å². The van der Waals surface area contributed by atoms with Gasteiger partial charge in [0, 0.05) is 18.1 Å². The fourth-order valence-corrected chi connectivity index (χ4v) is 3.99. The topological polar surface area (TPSA) is 62.1 Å². The Labute approximate surface area is 175 Å². The number of carbonyl (C=O) groups excluding carboxylic acids is 1. The average molecular weight is 405 g/mol. The van der Waals surface area contributed by atoms with Crippen LogP contribution in [-0.4, -0.2) is 25.3 Å². The van der Waals surface area contributed by atoms with Gasteiger partial charge in [-0.15, -0.1) is 0 Å². The van der Waals surface area contributed by atoms with Crippen molar-refractivity contribution in [2.75, 3.05) is 19.4 Å². The number of hydrogen-bond donors (Lipinski definition) is 1. The van der Waals surface area contributed by atoms with E-state index in [0.29, 0.717) is 12.1 Å². The third kappa shape index (κ3) is 5.30. The molecule has 0 heterocycles. The zero-order chi connectivity index (χ0) is 20.6. The minimum absolute atomic E-state index is 0.0240. The van der Waals surface area contributed by atoms with E-state index in [1.165, 1.54) is 0 Å². The molecular weight excluding hydrogens is 380 g/mol. The molecule has 0 saturated heterocycles. The molecule has 1 amide bonds. The summed E-state index contributed by atoms with van der Waals surface area (Å²) in [6.45, 7) is 2.53. The Balaban J connectivity index is 1.50. The minimum atomic E-state index is -0.217. The van der Waals surface area contributed by atoms with Crippen LogP contribution >= 0.6 is 11.8 Å². The molecule has 148 valence electrons. The molecule has 0 aliphatic heterocycles. The van der Waals surface area contributed by atoms with Crippen molar-refractivity contribution in [1.29, 1.82) is 5.26 Å². The Kier molecular flexibility index (Phi) is 7.15. The quantitative estimate of drug-likeness (QED) is 0.544. The predicted molar refractivity (Wildman–Crippen MR) is 119 cm³/mol. The van der Waals surface area contributed by atoms with Crippen LogP contribution in [0.25, 0.3) is 10.8 Å². The van der Waals surface area contributed by atoms with Crippen LogP contribution in [0.4, 0.5) is 0 Å². The lowest BCUT2D eigenvalue weighted by molar-refractivity contribution is -0.122. The summed E-state index contributed by atoms with van der Waals surface area (Å²) in [5.74, 6) is 2.20. The van der Waals surface area contributed by atoms with Gasteiger partial charge in [-0.2, -0.15) is 17.0 Å². The smallest absolute Gasteiger partial charge is 0.227 e. The van der Waals surface area contributed by atoms with E-state index in [9.17, 15) is 4.79 Å². The van der Waals surface area contributed by atoms with Crippen molar-refractivity contribution in [2.24, 2.45) is 0 Å². The molecule has 0 aliphatic carbocycles. The largest absolute Gasteiger partial charge is 0.497 e. The number of fused-ring (bicyclic) bond motifs is 1. The summed E-state index contributed by atoms with van der Waals surface area (Å²) in [7, 11) is 1.66. The van der Waals surface area contributed by atoms with Gasteiger partial charge in [0.05, 0.1) is 24.7 Å². The van der Waals surface area contributed by atoms with Crippen molar-refractivity contribution in [1.82, 2.24) is 5.32 Å². The van der Waals surface area contributed by atoms with Gasteiger partial charge in [0.1, 0.15) is 5.75 Å². The van der Waals surface area contributed by atoms with Gasteiger partial charge in [-0.05, 0) is 47.0 Å². The first-order valence-electron chi connectivity index (χ1n) is 9.53. The maximum atomic E-state index is 12.5. The molecule has 1 atom stereocenters. The van der Waals surface area contributed by atoms with Crippen LogP contribution in [0.2, 0.25) is 0 Å². The van der Waals surface area contributed by atoms with E-state index in [-0.39, 0.29) is 11.8 Å². The van der Waals surface area contributed by atoms with Crippen LogP contribution in [0.1, 0.15) is 29.5 Å². The SMILES string of the molecule is COc1ccc2cc([C@@H](C)C(=O)NCCSCc3ccccc3C#N)ccc2c1. The van der Waals surface area contributed by atoms with Crippen molar-refractivity contribution in [2.45, 2.75) is 18.6 Å². The van der Waals surface area contributed by atoms with Crippen molar-refractivity contribution in [3.63, 3.8) is 0 Å². The first-order chi connectivity index (χ1) is 14.1. The van der Waals surface area contributed by atoms with Crippen molar-refractivity contribution < 1.29 is 9.53 Å². The van der Waals surface area contributed by atoms with Gasteiger partial charge in [0.2, 0.25) is 5.91 Å². The zero-order valence-corrected chi connectivity index (χ0v) is 17.5. The molecule has 5 heteroatoms. The average Bonchev–Trinajstić information content (AvgIpc) is 2.77. The Morgan fingerprint density at radius 2 is 1.90 bits per heavy atom. The number of ether oxygens (including phenoxy) is 1. The fraction of sp³-hybridized carbons (Fsp3) is 0.250. The highest BCUT2D eigenvalue weighted by Gasteiger charge is 2.15. The van der Waals surface area contributed by atoms with E-state index >= 15 is 0 Å². The van der Waals surface area contributed by atoms with E-state index in [2.05, 4.69) is 17.5 Å². The number of nitrogens with zero attached hydrogens (tertiary/aromatic N) is 1. The summed E-state index contributed by atoms with van der Waals surface area (Å²) >= 11 is 1.71. The monoisotopic (exact) mass is 404 g/mol. The Hall–Kier alpha value is -2.97. The van der Waals surface area contributed by atoms with Crippen LogP contribution < -0.4 is 10.1 Å². The molecule has 0 radical (unpaired) electrons. The van der Waals surface area contributed by atoms with Crippen molar-refractivity contribution >= 4 is 28.4 Å². The Bertz CT molecular complexity index is 1040. The number of carbonyl (C=O) groups is 1. The van der Waals surface area contributed by atoms with Crippen molar-refractivity contribution in [3.05, 3.63) is 77.4 Å². The maximum Gasteiger partial charge on any atom is 0.227 e. The molecule has 0 aliphatic rings. The van der Waals surface area contributed by atoms with E-state index in [0.717, 1.165) is 39.2 Å². The highest BCUT2D eigenvalue weighted by molar-refractivity contribution is 7.98. The molecule has 29 heavy (non-hydrogen) atoms. The van der Waals surface area contributed by atoms with Crippen LogP contribution in [-0.2, 0) is 10.5 Å². The third-order valence-corrected chi connectivity index (χ3v) is 5.91. The lowest BCUT2D eigenvalue weighted by Crippen LogP contribution is -2.29. The Morgan fingerprint density at radius 1 is 1.14 bits per heavy atom. The minimum Gasteiger partial charge on any atom is -0.497 e. The molecule has 0 aromatic heterocycles. The summed E-state index contributed by atoms with van der Waals surface area (Å²) in [5, 5.41) is 14.3. The molecule has 3 aromatic rings. The summed E-state index contributed by atoms with van der Waals surface area (Å²) in [4.78, 5) is 12.5. The highest BCUT2D eigenvalue weighted by Crippen LogP contribution is 2.25. The normalized spacial score (nSPS) is 11.6. The standard InChI is InChI=1S/C24H24N2O2S/c1-17(18-7-8-20-14-23(28-2)10-9-19(20)13-18)24(27)26-11-12-29-16-22-6-4-3-5-21(22)15-25/h3-10,13-14,17H,11-12,16H2,1-2H3,(H,26,27)/t17-/m1/s1. The number of benzene rings is 3. The second kappa shape index (κ2) is 9.99. The zero-order valence-electron chi connectivity index (χ0n) is 16.6. The number of thioether (sulfide) groups is 1. The van der Waals surface area contributed by atoms with Crippen LogP contribution in [0, 0.1) is 11.3 Å². The van der Waals surface area contributed by atoms with Crippen molar-refractivity contribution in [3.8, 4) is 11.8 Å². The molecule has 4 nitrogen and oxygen atoms in total. The van der Waals surface area contributed by atoms with Crippen LogP contribution in [0.5, 0.6) is 5.75 Å². The van der Waals surface area contributed by atoms with E-state index in [1.54, 1.807) is 18.9 Å². The lowest BCUT2D eigenvalue weighted by atomic mass is 9.97. The summed E-state index contributed by atoms with van der Waals surface area (Å²) in [6, 6.07) is 21.9. The lowest BCUT2D eigenvalue weighted by Gasteiger charge is -2.14. The number of nitrogens with one attached hydrogen (secondary N) is 1. The molecule has 0 unspecified atom stereocenters. The second-order valence-corrected chi connectivity index (χ2v) is 7.91. The number of rotatable bonds is 8. The molecule has 0 spiro atoms. The number of amides is 1. The van der Waals surface area contributed by atoms with Gasteiger partial charge in [0.15, 0.2) is 0 Å². The fourth-order valence-electron chi connectivity index (χ4n) is 3.13. The molecule has 0 saturated carbocycles. The maximum absolute atomic E-state index is 12.5. The highest BCUT2D eigenvalue weighted by atomic mass is 32.2. The first kappa shape index (κ1) is 20.8. The van der Waals surface area contributed by atoms with Gasteiger partial charge >= 0.3 is 0 Å². The molecule has 3 rings (SSSR count). The van der Waals surface area contributed by atoms with E-state index in [1.807, 2.05) is 61.5 Å². The predicted octanol–water partition coefficient (Wildman–Crippen LogP) is 4.87. The summed E-state index contributed by atoms with van der Waals surface area (Å²) in [5.41, 5.74) is 2.75. The molecule has 3 aromatic carbocycles. The molecule has 1 N–H and O–H groups in total. The molecule has 0 fully saturated rings. The van der Waals surface area contributed by atoms with Gasteiger partial charge in [-0.3, -0.25) is 4.79 Å². The van der Waals surface area contributed by atoms with Crippen LogP contribution in [0.3, 0.4) is 0 Å².